The smallest absolute Gasteiger partial charge is 0.343 e. The van der Waals surface area contributed by atoms with Crippen LogP contribution in [0, 0.1) is 0 Å². The van der Waals surface area contributed by atoms with Crippen LogP contribution in [0.25, 0.3) is 5.65 Å². The summed E-state index contributed by atoms with van der Waals surface area (Å²) in [5.41, 5.74) is 0.950. The summed E-state index contributed by atoms with van der Waals surface area (Å²) in [5, 5.41) is 4.17. The minimum absolute atomic E-state index is 0.337. The molecule has 0 saturated carbocycles. The maximum atomic E-state index is 12.0. The normalized spacial score (nSPS) is 24.0. The van der Waals surface area contributed by atoms with Gasteiger partial charge in [-0.2, -0.15) is 5.10 Å². The molecule has 2 saturated heterocycles. The van der Waals surface area contributed by atoms with Crippen LogP contribution in [0.4, 0.5) is 5.82 Å². The van der Waals surface area contributed by atoms with Crippen molar-refractivity contribution in [1.29, 1.82) is 0 Å². The van der Waals surface area contributed by atoms with E-state index in [1.165, 1.54) is 6.20 Å². The molecule has 0 spiro atoms. The van der Waals surface area contributed by atoms with Gasteiger partial charge in [0.05, 0.1) is 38.1 Å². The molecular formula is C15H18N4O3. The summed E-state index contributed by atoms with van der Waals surface area (Å²) < 4.78 is 12.3. The number of fused-ring (bicyclic) bond motifs is 3. The SMILES string of the molecule is CCOC(=O)c1cnn2ccc(N3C4CCC3COC4)nc12. The molecule has 0 aromatic carbocycles. The number of hydrogen-bond donors (Lipinski definition) is 0. The molecule has 2 unspecified atom stereocenters. The van der Waals surface area contributed by atoms with Gasteiger partial charge in [-0.25, -0.2) is 14.3 Å². The van der Waals surface area contributed by atoms with E-state index in [4.69, 9.17) is 9.47 Å². The van der Waals surface area contributed by atoms with E-state index in [9.17, 15) is 4.79 Å². The van der Waals surface area contributed by atoms with E-state index in [1.54, 1.807) is 11.4 Å². The van der Waals surface area contributed by atoms with Gasteiger partial charge < -0.3 is 14.4 Å². The predicted octanol–water partition coefficient (Wildman–Crippen LogP) is 1.27. The van der Waals surface area contributed by atoms with Gasteiger partial charge >= 0.3 is 5.97 Å². The molecule has 2 aliphatic heterocycles. The van der Waals surface area contributed by atoms with Crippen LogP contribution in [0.5, 0.6) is 0 Å². The van der Waals surface area contributed by atoms with Gasteiger partial charge in [-0.3, -0.25) is 0 Å². The van der Waals surface area contributed by atoms with Gasteiger partial charge in [-0.15, -0.1) is 0 Å². The fraction of sp³-hybridized carbons (Fsp3) is 0.533. The molecule has 4 rings (SSSR count). The number of esters is 1. The monoisotopic (exact) mass is 302 g/mol. The summed E-state index contributed by atoms with van der Waals surface area (Å²) in [7, 11) is 0. The maximum absolute atomic E-state index is 12.0. The van der Waals surface area contributed by atoms with E-state index >= 15 is 0 Å². The Kier molecular flexibility index (Phi) is 3.22. The molecule has 0 amide bonds. The minimum atomic E-state index is -0.382. The predicted molar refractivity (Wildman–Crippen MR) is 79.1 cm³/mol. The maximum Gasteiger partial charge on any atom is 0.343 e. The van der Waals surface area contributed by atoms with Crippen LogP contribution in [0.2, 0.25) is 0 Å². The molecule has 116 valence electrons. The van der Waals surface area contributed by atoms with Crippen molar-refractivity contribution >= 4 is 17.4 Å². The third-order valence-corrected chi connectivity index (χ3v) is 4.35. The number of hydrogen-bond acceptors (Lipinski definition) is 6. The zero-order chi connectivity index (χ0) is 15.1. The van der Waals surface area contributed by atoms with Gasteiger partial charge in [0.15, 0.2) is 5.65 Å². The topological polar surface area (TPSA) is 69.0 Å². The van der Waals surface area contributed by atoms with Crippen LogP contribution in [-0.2, 0) is 9.47 Å². The minimum Gasteiger partial charge on any atom is -0.462 e. The zero-order valence-electron chi connectivity index (χ0n) is 12.4. The first-order valence-electron chi connectivity index (χ1n) is 7.65. The Labute approximate surface area is 127 Å². The van der Waals surface area contributed by atoms with Crippen molar-refractivity contribution in [2.24, 2.45) is 0 Å². The van der Waals surface area contributed by atoms with Crippen LogP contribution >= 0.6 is 0 Å². The van der Waals surface area contributed by atoms with E-state index in [2.05, 4.69) is 15.0 Å². The van der Waals surface area contributed by atoms with Crippen LogP contribution < -0.4 is 4.90 Å². The van der Waals surface area contributed by atoms with Crippen LogP contribution in [0.15, 0.2) is 18.5 Å². The first kappa shape index (κ1) is 13.5. The van der Waals surface area contributed by atoms with Gasteiger partial charge in [-0.05, 0) is 25.8 Å². The number of ether oxygens (including phenoxy) is 2. The molecule has 2 aromatic rings. The number of anilines is 1. The number of carbonyl (C=O) groups excluding carboxylic acids is 1. The van der Waals surface area contributed by atoms with E-state index in [-0.39, 0.29) is 5.97 Å². The van der Waals surface area contributed by atoms with Gasteiger partial charge in [0.2, 0.25) is 0 Å². The molecule has 2 atom stereocenters. The lowest BCUT2D eigenvalue weighted by atomic mass is 10.2. The molecule has 0 N–H and O–H groups in total. The molecule has 0 aliphatic carbocycles. The Balaban J connectivity index is 1.74. The number of nitrogens with zero attached hydrogens (tertiary/aromatic N) is 4. The Morgan fingerprint density at radius 3 is 2.91 bits per heavy atom. The lowest BCUT2D eigenvalue weighted by Crippen LogP contribution is -2.46. The summed E-state index contributed by atoms with van der Waals surface area (Å²) in [6.45, 7) is 3.61. The number of morpholine rings is 1. The van der Waals surface area contributed by atoms with Gasteiger partial charge in [-0.1, -0.05) is 0 Å². The van der Waals surface area contributed by atoms with Crippen molar-refractivity contribution in [1.82, 2.24) is 14.6 Å². The highest BCUT2D eigenvalue weighted by Gasteiger charge is 2.38. The molecule has 7 heteroatoms. The van der Waals surface area contributed by atoms with Crippen molar-refractivity contribution in [3.8, 4) is 0 Å². The number of aromatic nitrogens is 3. The average Bonchev–Trinajstić information content (AvgIpc) is 3.05. The van der Waals surface area contributed by atoms with Gasteiger partial charge in [0, 0.05) is 6.20 Å². The molecule has 2 bridgehead atoms. The van der Waals surface area contributed by atoms with Crippen molar-refractivity contribution in [3.63, 3.8) is 0 Å². The molecule has 4 heterocycles. The standard InChI is InChI=1S/C15H18N4O3/c1-2-22-15(20)12-7-16-18-6-5-13(17-14(12)18)19-10-3-4-11(19)9-21-8-10/h5-7,10-11H,2-4,8-9H2,1H3. The van der Waals surface area contributed by atoms with Crippen molar-refractivity contribution in [2.75, 3.05) is 24.7 Å². The molecule has 0 radical (unpaired) electrons. The molecular weight excluding hydrogens is 284 g/mol. The highest BCUT2D eigenvalue weighted by molar-refractivity contribution is 5.95. The van der Waals surface area contributed by atoms with Crippen molar-refractivity contribution in [3.05, 3.63) is 24.0 Å². The lowest BCUT2D eigenvalue weighted by molar-refractivity contribution is 0.0528. The lowest BCUT2D eigenvalue weighted by Gasteiger charge is -2.35. The van der Waals surface area contributed by atoms with E-state index in [0.717, 1.165) is 31.9 Å². The third kappa shape index (κ3) is 2.04. The highest BCUT2D eigenvalue weighted by atomic mass is 16.5. The second-order valence-corrected chi connectivity index (χ2v) is 5.66. The second kappa shape index (κ2) is 5.24. The Morgan fingerprint density at radius 1 is 1.41 bits per heavy atom. The molecule has 22 heavy (non-hydrogen) atoms. The average molecular weight is 302 g/mol. The van der Waals surface area contributed by atoms with E-state index in [0.29, 0.717) is 29.9 Å². The van der Waals surface area contributed by atoms with Crippen LogP contribution in [0.3, 0.4) is 0 Å². The summed E-state index contributed by atoms with van der Waals surface area (Å²) in [5.74, 6) is 0.501. The largest absolute Gasteiger partial charge is 0.462 e. The summed E-state index contributed by atoms with van der Waals surface area (Å²) >= 11 is 0. The quantitative estimate of drug-likeness (QED) is 0.795. The van der Waals surface area contributed by atoms with Crippen LogP contribution in [0.1, 0.15) is 30.1 Å². The highest BCUT2D eigenvalue weighted by Crippen LogP contribution is 2.33. The van der Waals surface area contributed by atoms with Crippen molar-refractivity contribution in [2.45, 2.75) is 31.8 Å². The summed E-state index contributed by atoms with van der Waals surface area (Å²) in [6.07, 6.45) is 5.61. The van der Waals surface area contributed by atoms with E-state index in [1.807, 2.05) is 12.3 Å². The Bertz CT molecular complexity index is 698. The summed E-state index contributed by atoms with van der Waals surface area (Å²) in [6, 6.07) is 2.70. The molecule has 7 nitrogen and oxygen atoms in total. The Morgan fingerprint density at radius 2 is 2.18 bits per heavy atom. The second-order valence-electron chi connectivity index (χ2n) is 5.66. The third-order valence-electron chi connectivity index (χ3n) is 4.35. The first-order valence-corrected chi connectivity index (χ1v) is 7.65. The number of carbonyl (C=O) groups is 1. The molecule has 2 fully saturated rings. The first-order chi connectivity index (χ1) is 10.8. The van der Waals surface area contributed by atoms with Crippen molar-refractivity contribution < 1.29 is 14.3 Å². The fourth-order valence-corrected chi connectivity index (χ4v) is 3.36. The van der Waals surface area contributed by atoms with Crippen LogP contribution in [-0.4, -0.2) is 52.5 Å². The number of rotatable bonds is 3. The van der Waals surface area contributed by atoms with Gasteiger partial charge in [0.25, 0.3) is 0 Å². The molecule has 2 aliphatic rings. The fourth-order valence-electron chi connectivity index (χ4n) is 3.36. The van der Waals surface area contributed by atoms with E-state index < -0.39 is 0 Å². The van der Waals surface area contributed by atoms with Gasteiger partial charge in [0.1, 0.15) is 11.4 Å². The zero-order valence-corrected chi connectivity index (χ0v) is 12.4. The molecule has 2 aromatic heterocycles. The Hall–Kier alpha value is -2.15. The summed E-state index contributed by atoms with van der Waals surface area (Å²) in [4.78, 5) is 19.0.